The fourth-order valence-electron chi connectivity index (χ4n) is 9.88. The normalized spacial score (nSPS) is 23.4. The number of piperazine rings is 1. The first-order valence-electron chi connectivity index (χ1n) is 18.9. The molecule has 0 radical (unpaired) electrons. The third-order valence-electron chi connectivity index (χ3n) is 12.3. The van der Waals surface area contributed by atoms with Gasteiger partial charge < -0.3 is 48.4 Å². The zero-order valence-electron chi connectivity index (χ0n) is 32.7. The molecule has 0 aliphatic carbocycles. The van der Waals surface area contributed by atoms with Gasteiger partial charge in [-0.2, -0.15) is 5.26 Å². The quantitative estimate of drug-likeness (QED) is 0.202. The Morgan fingerprint density at radius 1 is 0.893 bits per heavy atom. The molecule has 1 amide bonds. The molecular formula is C42H48N4O10. The third-order valence-corrected chi connectivity index (χ3v) is 12.3. The van der Waals surface area contributed by atoms with Gasteiger partial charge >= 0.3 is 0 Å². The second kappa shape index (κ2) is 14.6. The lowest BCUT2D eigenvalue weighted by atomic mass is 9.71. The van der Waals surface area contributed by atoms with Crippen molar-refractivity contribution in [2.24, 2.45) is 0 Å². The van der Waals surface area contributed by atoms with Crippen LogP contribution in [0.2, 0.25) is 0 Å². The summed E-state index contributed by atoms with van der Waals surface area (Å²) in [6, 6.07) is 7.15. The monoisotopic (exact) mass is 768 g/mol. The van der Waals surface area contributed by atoms with Crippen molar-refractivity contribution in [3.63, 3.8) is 0 Å². The molecule has 4 aromatic rings. The smallest absolute Gasteiger partial charge is 0.287 e. The van der Waals surface area contributed by atoms with Crippen molar-refractivity contribution in [2.75, 3.05) is 55.2 Å². The maximum absolute atomic E-state index is 14.0. The lowest BCUT2D eigenvalue weighted by Crippen LogP contribution is -2.68. The molecular weight excluding hydrogens is 720 g/mol. The number of aromatic hydroxyl groups is 2. The standard InChI is InChI=1S/C42H48N4O10/c1-20-38(50-4)25-17-28-35-34-26(39(51-5)21(2)41(53-7)37(34)48)16-27(45(35)3)29(18-43)46(28)30(33(25)36(47)40(20)52-6)19-44-42(49)32-15-22-14-24(8-9-31(22)56-32)55-23-10-12-54-13-11-23/h8-9,14-15,23,27-30,35,47-48H,10-13,16-17,19H2,1-7H3,(H,44,49)/t27-,28-,29-,30-,35-/m0/s1. The topological polar surface area (TPSA) is 168 Å². The van der Waals surface area contributed by atoms with E-state index in [9.17, 15) is 20.3 Å². The summed E-state index contributed by atoms with van der Waals surface area (Å²) in [5.41, 5.74) is 4.57. The molecule has 4 aliphatic heterocycles. The number of amides is 1. The Kier molecular flexibility index (Phi) is 9.80. The lowest BCUT2D eigenvalue weighted by Gasteiger charge is -2.60. The van der Waals surface area contributed by atoms with Crippen LogP contribution in [-0.4, -0.2) is 105 Å². The zero-order chi connectivity index (χ0) is 39.6. The van der Waals surface area contributed by atoms with E-state index in [0.29, 0.717) is 76.9 Å². The van der Waals surface area contributed by atoms with Crippen LogP contribution in [0.15, 0.2) is 28.7 Å². The molecule has 2 saturated heterocycles. The van der Waals surface area contributed by atoms with Gasteiger partial charge in [-0.05, 0) is 58.0 Å². The summed E-state index contributed by atoms with van der Waals surface area (Å²) < 4.78 is 41.1. The summed E-state index contributed by atoms with van der Waals surface area (Å²) in [5, 5.41) is 38.7. The molecule has 14 nitrogen and oxygen atoms in total. The first-order valence-corrected chi connectivity index (χ1v) is 18.9. The Balaban J connectivity index is 1.21. The second-order valence-corrected chi connectivity index (χ2v) is 15.0. The van der Waals surface area contributed by atoms with Gasteiger partial charge in [0.1, 0.15) is 35.0 Å². The highest BCUT2D eigenvalue weighted by Gasteiger charge is 2.57. The molecule has 0 unspecified atom stereocenters. The van der Waals surface area contributed by atoms with Gasteiger partial charge in [-0.15, -0.1) is 0 Å². The SMILES string of the molecule is COc1c(C)c(OC)c2c(c1O)[C@@H]1[C@@H]3Cc4c(OC)c(C)c(OC)c(O)c4[C@H](CNC(=O)c4cc5cc(OC6CCOCC6)ccc5o4)N3[C@@H](C#N)[C@H](C2)N1C. The fourth-order valence-corrected chi connectivity index (χ4v) is 9.88. The molecule has 5 atom stereocenters. The zero-order valence-corrected chi connectivity index (χ0v) is 32.7. The van der Waals surface area contributed by atoms with Crippen LogP contribution >= 0.6 is 0 Å². The van der Waals surface area contributed by atoms with Crippen LogP contribution in [0.25, 0.3) is 11.0 Å². The fraction of sp³-hybridized carbons (Fsp3) is 0.476. The molecule has 4 aliphatic rings. The highest BCUT2D eigenvalue weighted by atomic mass is 16.5. The number of fused-ring (bicyclic) bond motifs is 8. The number of carbonyl (C=O) groups is 1. The number of phenols is 2. The van der Waals surface area contributed by atoms with Crippen molar-refractivity contribution in [3.8, 4) is 46.3 Å². The first kappa shape index (κ1) is 37.6. The number of hydrogen-bond donors (Lipinski definition) is 3. The van der Waals surface area contributed by atoms with E-state index in [0.717, 1.165) is 29.4 Å². The number of rotatable bonds is 9. The third kappa shape index (κ3) is 5.74. The van der Waals surface area contributed by atoms with Crippen LogP contribution in [-0.2, 0) is 17.6 Å². The molecule has 2 bridgehead atoms. The van der Waals surface area contributed by atoms with E-state index in [-0.39, 0.29) is 41.7 Å². The van der Waals surface area contributed by atoms with Gasteiger partial charge in [0.05, 0.1) is 59.8 Å². The Hall–Kier alpha value is -5.36. The van der Waals surface area contributed by atoms with Gasteiger partial charge in [-0.3, -0.25) is 14.6 Å². The van der Waals surface area contributed by atoms with E-state index in [2.05, 4.69) is 21.2 Å². The van der Waals surface area contributed by atoms with Gasteiger partial charge in [0.2, 0.25) is 0 Å². The van der Waals surface area contributed by atoms with Gasteiger partial charge in [-0.1, -0.05) is 0 Å². The molecule has 296 valence electrons. The van der Waals surface area contributed by atoms with E-state index in [1.807, 2.05) is 33.0 Å². The van der Waals surface area contributed by atoms with Crippen molar-refractivity contribution < 1.29 is 47.8 Å². The number of carbonyl (C=O) groups excluding carboxylic acids is 1. The van der Waals surface area contributed by atoms with Gasteiger partial charge in [-0.25, -0.2) is 0 Å². The minimum atomic E-state index is -0.721. The highest BCUT2D eigenvalue weighted by molar-refractivity contribution is 5.96. The van der Waals surface area contributed by atoms with Crippen LogP contribution in [0.1, 0.15) is 68.9 Å². The molecule has 3 aromatic carbocycles. The van der Waals surface area contributed by atoms with Crippen molar-refractivity contribution in [1.29, 1.82) is 5.26 Å². The number of hydrogen-bond acceptors (Lipinski definition) is 13. The number of methoxy groups -OCH3 is 4. The highest BCUT2D eigenvalue weighted by Crippen LogP contribution is 2.58. The molecule has 0 saturated carbocycles. The maximum atomic E-state index is 14.0. The minimum Gasteiger partial charge on any atom is -0.504 e. The summed E-state index contributed by atoms with van der Waals surface area (Å²) >= 11 is 0. The number of ether oxygens (including phenoxy) is 6. The minimum absolute atomic E-state index is 0.00112. The van der Waals surface area contributed by atoms with Crippen LogP contribution in [0.3, 0.4) is 0 Å². The van der Waals surface area contributed by atoms with Crippen molar-refractivity contribution in [2.45, 2.75) is 75.8 Å². The first-order chi connectivity index (χ1) is 27.1. The van der Waals surface area contributed by atoms with Gasteiger partial charge in [0, 0.05) is 70.2 Å². The molecule has 8 rings (SSSR count). The Bertz CT molecular complexity index is 2240. The van der Waals surface area contributed by atoms with E-state index in [1.54, 1.807) is 26.4 Å². The summed E-state index contributed by atoms with van der Waals surface area (Å²) in [5.74, 6) is 2.02. The van der Waals surface area contributed by atoms with Gasteiger partial charge in [0.15, 0.2) is 28.8 Å². The van der Waals surface area contributed by atoms with Gasteiger partial charge in [0.25, 0.3) is 5.91 Å². The van der Waals surface area contributed by atoms with E-state index in [4.69, 9.17) is 32.8 Å². The maximum Gasteiger partial charge on any atom is 0.287 e. The number of nitrogens with one attached hydrogen (secondary N) is 1. The number of furan rings is 1. The van der Waals surface area contributed by atoms with Crippen LogP contribution in [0.5, 0.6) is 40.2 Å². The lowest BCUT2D eigenvalue weighted by molar-refractivity contribution is -0.0725. The summed E-state index contributed by atoms with van der Waals surface area (Å²) in [6.45, 7) is 5.00. The molecule has 2 fully saturated rings. The second-order valence-electron chi connectivity index (χ2n) is 15.0. The van der Waals surface area contributed by atoms with E-state index >= 15 is 0 Å². The van der Waals surface area contributed by atoms with Crippen LogP contribution in [0.4, 0.5) is 0 Å². The van der Waals surface area contributed by atoms with Crippen molar-refractivity contribution in [1.82, 2.24) is 15.1 Å². The number of nitriles is 1. The average molecular weight is 769 g/mol. The van der Waals surface area contributed by atoms with E-state index in [1.165, 1.54) is 14.2 Å². The van der Waals surface area contributed by atoms with Crippen molar-refractivity contribution in [3.05, 3.63) is 63.4 Å². The number of likely N-dealkylation sites (N-methyl/N-ethyl adjacent to an activating group) is 1. The molecule has 56 heavy (non-hydrogen) atoms. The predicted octanol–water partition coefficient (Wildman–Crippen LogP) is 5.25. The number of benzene rings is 3. The molecule has 5 heterocycles. The molecule has 1 aromatic heterocycles. The number of phenolic OH excluding ortho intramolecular Hbond substituents is 2. The summed E-state index contributed by atoms with van der Waals surface area (Å²) in [7, 11) is 8.15. The Labute approximate surface area is 325 Å². The molecule has 0 spiro atoms. The summed E-state index contributed by atoms with van der Waals surface area (Å²) in [6.07, 6.45) is 2.44. The number of nitrogens with zero attached hydrogens (tertiary/aromatic N) is 3. The van der Waals surface area contributed by atoms with Crippen LogP contribution in [0, 0.1) is 25.2 Å². The predicted molar refractivity (Wildman–Crippen MR) is 204 cm³/mol. The summed E-state index contributed by atoms with van der Waals surface area (Å²) in [4.78, 5) is 18.2. The molecule has 14 heteroatoms. The largest absolute Gasteiger partial charge is 0.504 e. The van der Waals surface area contributed by atoms with Crippen molar-refractivity contribution >= 4 is 16.9 Å². The van der Waals surface area contributed by atoms with Crippen LogP contribution < -0.4 is 29.0 Å². The Morgan fingerprint density at radius 3 is 2.12 bits per heavy atom. The average Bonchev–Trinajstić information content (AvgIpc) is 3.62. The van der Waals surface area contributed by atoms with E-state index < -0.39 is 30.1 Å². The molecule has 3 N–H and O–H groups in total. The Morgan fingerprint density at radius 2 is 1.50 bits per heavy atom.